The zero-order chi connectivity index (χ0) is 10.4. The summed E-state index contributed by atoms with van der Waals surface area (Å²) in [7, 11) is 0. The SMILES string of the molecule is C=C(C)C(=O)NC(=O)CNC(C)=O. The predicted octanol–water partition coefficient (Wildman–Crippen LogP) is -0.659. The normalized spacial score (nSPS) is 8.77. The quantitative estimate of drug-likeness (QED) is 0.572. The van der Waals surface area contributed by atoms with Gasteiger partial charge in [-0.2, -0.15) is 0 Å². The number of carbonyl (C=O) groups is 3. The van der Waals surface area contributed by atoms with Gasteiger partial charge in [0.25, 0.3) is 5.91 Å². The second-order valence-electron chi connectivity index (χ2n) is 2.57. The van der Waals surface area contributed by atoms with Gasteiger partial charge in [-0.25, -0.2) is 0 Å². The number of rotatable bonds is 3. The van der Waals surface area contributed by atoms with Crippen molar-refractivity contribution < 1.29 is 14.4 Å². The Morgan fingerprint density at radius 3 is 2.15 bits per heavy atom. The van der Waals surface area contributed by atoms with Crippen LogP contribution in [0.1, 0.15) is 13.8 Å². The van der Waals surface area contributed by atoms with E-state index in [4.69, 9.17) is 0 Å². The van der Waals surface area contributed by atoms with Crippen LogP contribution in [0.5, 0.6) is 0 Å². The van der Waals surface area contributed by atoms with E-state index < -0.39 is 11.8 Å². The van der Waals surface area contributed by atoms with Crippen molar-refractivity contribution >= 4 is 17.7 Å². The highest BCUT2D eigenvalue weighted by Crippen LogP contribution is 1.84. The Labute approximate surface area is 76.2 Å². The Bertz CT molecular complexity index is 258. The maximum atomic E-state index is 10.9. The van der Waals surface area contributed by atoms with E-state index in [0.717, 1.165) is 0 Å². The van der Waals surface area contributed by atoms with E-state index in [-0.39, 0.29) is 18.0 Å². The lowest BCUT2D eigenvalue weighted by molar-refractivity contribution is -0.130. The largest absolute Gasteiger partial charge is 0.347 e. The first-order valence-corrected chi connectivity index (χ1v) is 3.67. The minimum Gasteiger partial charge on any atom is -0.347 e. The lowest BCUT2D eigenvalue weighted by Gasteiger charge is -2.03. The second-order valence-corrected chi connectivity index (χ2v) is 2.57. The molecule has 0 aliphatic heterocycles. The van der Waals surface area contributed by atoms with Crippen molar-refractivity contribution in [3.63, 3.8) is 0 Å². The average molecular weight is 184 g/mol. The lowest BCUT2D eigenvalue weighted by Crippen LogP contribution is -2.39. The van der Waals surface area contributed by atoms with Gasteiger partial charge in [-0.05, 0) is 6.92 Å². The summed E-state index contributed by atoms with van der Waals surface area (Å²) in [6.07, 6.45) is 0. The summed E-state index contributed by atoms with van der Waals surface area (Å²) in [5.41, 5.74) is 0.246. The third-order valence-electron chi connectivity index (χ3n) is 1.14. The van der Waals surface area contributed by atoms with Gasteiger partial charge in [-0.15, -0.1) is 0 Å². The van der Waals surface area contributed by atoms with Gasteiger partial charge in [0.15, 0.2) is 0 Å². The molecule has 0 unspecified atom stereocenters. The van der Waals surface area contributed by atoms with E-state index >= 15 is 0 Å². The molecule has 0 heterocycles. The van der Waals surface area contributed by atoms with Crippen LogP contribution in [0.4, 0.5) is 0 Å². The molecule has 0 aliphatic carbocycles. The molecule has 0 fully saturated rings. The summed E-state index contributed by atoms with van der Waals surface area (Å²) in [5, 5.41) is 4.30. The van der Waals surface area contributed by atoms with E-state index in [1.165, 1.54) is 13.8 Å². The van der Waals surface area contributed by atoms with Gasteiger partial charge in [0.1, 0.15) is 0 Å². The fourth-order valence-corrected chi connectivity index (χ4v) is 0.482. The molecule has 0 atom stereocenters. The Kier molecular flexibility index (Phi) is 4.43. The third kappa shape index (κ3) is 5.60. The van der Waals surface area contributed by atoms with Crippen LogP contribution >= 0.6 is 0 Å². The Hall–Kier alpha value is -1.65. The molecule has 0 radical (unpaired) electrons. The first-order valence-electron chi connectivity index (χ1n) is 3.67. The minimum absolute atomic E-state index is 0.200. The van der Waals surface area contributed by atoms with E-state index in [1.54, 1.807) is 0 Å². The van der Waals surface area contributed by atoms with Gasteiger partial charge >= 0.3 is 0 Å². The average Bonchev–Trinajstić information content (AvgIpc) is 2.00. The Morgan fingerprint density at radius 1 is 1.23 bits per heavy atom. The lowest BCUT2D eigenvalue weighted by atomic mass is 10.3. The molecule has 0 aromatic carbocycles. The number of carbonyl (C=O) groups excluding carboxylic acids is 3. The van der Waals surface area contributed by atoms with E-state index in [1.807, 2.05) is 5.32 Å². The monoisotopic (exact) mass is 184 g/mol. The van der Waals surface area contributed by atoms with Crippen LogP contribution < -0.4 is 10.6 Å². The highest BCUT2D eigenvalue weighted by Gasteiger charge is 2.07. The maximum Gasteiger partial charge on any atom is 0.252 e. The number of hydrogen-bond acceptors (Lipinski definition) is 3. The molecule has 5 heteroatoms. The van der Waals surface area contributed by atoms with Gasteiger partial charge < -0.3 is 5.32 Å². The fraction of sp³-hybridized carbons (Fsp3) is 0.375. The second kappa shape index (κ2) is 5.08. The first kappa shape index (κ1) is 11.4. The van der Waals surface area contributed by atoms with Gasteiger partial charge in [0.05, 0.1) is 6.54 Å². The summed E-state index contributed by atoms with van der Waals surface area (Å²) in [6.45, 7) is 5.92. The van der Waals surface area contributed by atoms with Crippen LogP contribution in [0.3, 0.4) is 0 Å². The van der Waals surface area contributed by atoms with Gasteiger partial charge in [-0.1, -0.05) is 6.58 Å². The summed E-state index contributed by atoms with van der Waals surface area (Å²) in [4.78, 5) is 32.1. The van der Waals surface area contributed by atoms with Crippen molar-refractivity contribution in [3.05, 3.63) is 12.2 Å². The van der Waals surface area contributed by atoms with Crippen molar-refractivity contribution in [3.8, 4) is 0 Å². The number of hydrogen-bond donors (Lipinski definition) is 2. The van der Waals surface area contributed by atoms with Crippen LogP contribution in [0, 0.1) is 0 Å². The number of amides is 3. The summed E-state index contributed by atoms with van der Waals surface area (Å²) < 4.78 is 0. The smallest absolute Gasteiger partial charge is 0.252 e. The van der Waals surface area contributed by atoms with Crippen LogP contribution in [-0.2, 0) is 14.4 Å². The molecule has 3 amide bonds. The minimum atomic E-state index is -0.553. The molecule has 0 spiro atoms. The highest BCUT2D eigenvalue weighted by atomic mass is 16.2. The first-order chi connectivity index (χ1) is 5.93. The molecule has 0 aromatic heterocycles. The van der Waals surface area contributed by atoms with E-state index in [0.29, 0.717) is 0 Å². The van der Waals surface area contributed by atoms with Crippen molar-refractivity contribution in [2.24, 2.45) is 0 Å². The van der Waals surface area contributed by atoms with Crippen LogP contribution in [0.2, 0.25) is 0 Å². The van der Waals surface area contributed by atoms with Crippen molar-refractivity contribution in [2.45, 2.75) is 13.8 Å². The third-order valence-corrected chi connectivity index (χ3v) is 1.14. The van der Waals surface area contributed by atoms with Crippen molar-refractivity contribution in [1.82, 2.24) is 10.6 Å². The molecule has 0 aromatic rings. The molecule has 0 saturated heterocycles. The molecule has 72 valence electrons. The standard InChI is InChI=1S/C8H12N2O3/c1-5(2)8(13)10-7(12)4-9-6(3)11/h1,4H2,2-3H3,(H,9,11)(H,10,12,13). The van der Waals surface area contributed by atoms with Crippen molar-refractivity contribution in [2.75, 3.05) is 6.54 Å². The Balaban J connectivity index is 3.82. The van der Waals surface area contributed by atoms with Gasteiger partial charge in [0, 0.05) is 12.5 Å². The summed E-state index contributed by atoms with van der Waals surface area (Å²) in [6, 6.07) is 0. The molecular formula is C8H12N2O3. The zero-order valence-electron chi connectivity index (χ0n) is 7.64. The zero-order valence-corrected chi connectivity index (χ0v) is 7.64. The maximum absolute atomic E-state index is 10.9. The van der Waals surface area contributed by atoms with Crippen LogP contribution in [0.25, 0.3) is 0 Å². The molecule has 13 heavy (non-hydrogen) atoms. The van der Waals surface area contributed by atoms with Crippen LogP contribution in [-0.4, -0.2) is 24.3 Å². The molecule has 0 aliphatic rings. The molecular weight excluding hydrogens is 172 g/mol. The molecule has 2 N–H and O–H groups in total. The summed E-state index contributed by atoms with van der Waals surface area (Å²) >= 11 is 0. The van der Waals surface area contributed by atoms with Crippen molar-refractivity contribution in [1.29, 1.82) is 0 Å². The highest BCUT2D eigenvalue weighted by molar-refractivity contribution is 6.04. The van der Waals surface area contributed by atoms with Gasteiger partial charge in [-0.3, -0.25) is 19.7 Å². The molecule has 0 saturated carbocycles. The summed E-state index contributed by atoms with van der Waals surface area (Å²) in [5.74, 6) is -1.41. The van der Waals surface area contributed by atoms with E-state index in [2.05, 4.69) is 11.9 Å². The van der Waals surface area contributed by atoms with E-state index in [9.17, 15) is 14.4 Å². The Morgan fingerprint density at radius 2 is 1.77 bits per heavy atom. The fourth-order valence-electron chi connectivity index (χ4n) is 0.482. The molecule has 0 rings (SSSR count). The number of imide groups is 1. The van der Waals surface area contributed by atoms with Crippen LogP contribution in [0.15, 0.2) is 12.2 Å². The van der Waals surface area contributed by atoms with Gasteiger partial charge in [0.2, 0.25) is 11.8 Å². The molecule has 0 bridgehead atoms. The number of nitrogens with one attached hydrogen (secondary N) is 2. The topological polar surface area (TPSA) is 75.3 Å². The molecule has 5 nitrogen and oxygen atoms in total. The predicted molar refractivity (Wildman–Crippen MR) is 46.6 cm³/mol.